The summed E-state index contributed by atoms with van der Waals surface area (Å²) < 4.78 is 84.8. The molecule has 1 aromatic carbocycles. The van der Waals surface area contributed by atoms with Crippen molar-refractivity contribution in [2.75, 3.05) is 13.2 Å². The number of benzene rings is 1. The summed E-state index contributed by atoms with van der Waals surface area (Å²) in [5.41, 5.74) is -4.38. The standard InChI is InChI=1S/C22H20F6N2O3/c1-14(15-8-17(21(23,24)25)10-18(9-15)22(26,27)28)33-12-20(11-30(13-31)19(32)29-20)16-6-4-2-3-5-7-16/h2-10,13-14,16H,11-12H2,1H3,(H,29,32)/t14-,20-/m1/s1. The van der Waals surface area contributed by atoms with E-state index >= 15 is 0 Å². The SMILES string of the molecule is C[C@@H](OC[C@@]1(C2C=CC=CC=C2)CN(C=O)C(=O)N1)c1cc(C(F)(F)F)cc(C(F)(F)F)c1. The molecule has 3 amide bonds. The van der Waals surface area contributed by atoms with Gasteiger partial charge < -0.3 is 10.1 Å². The van der Waals surface area contributed by atoms with E-state index in [0.29, 0.717) is 18.5 Å². The molecule has 1 aliphatic heterocycles. The van der Waals surface area contributed by atoms with E-state index in [2.05, 4.69) is 5.32 Å². The molecule has 11 heteroatoms. The van der Waals surface area contributed by atoms with Crippen molar-refractivity contribution < 1.29 is 40.7 Å². The fraction of sp³-hybridized carbons (Fsp3) is 0.364. The predicted molar refractivity (Wildman–Crippen MR) is 106 cm³/mol. The number of hydrogen-bond donors (Lipinski definition) is 1. The molecule has 0 aromatic heterocycles. The Kier molecular flexibility index (Phi) is 6.73. The number of hydrogen-bond acceptors (Lipinski definition) is 3. The Hall–Kier alpha value is -3.08. The number of halogens is 6. The van der Waals surface area contributed by atoms with Gasteiger partial charge in [-0.2, -0.15) is 26.3 Å². The van der Waals surface area contributed by atoms with Crippen molar-refractivity contribution in [3.8, 4) is 0 Å². The molecular formula is C22H20F6N2O3. The van der Waals surface area contributed by atoms with E-state index < -0.39 is 47.1 Å². The third-order valence-electron chi connectivity index (χ3n) is 5.48. The summed E-state index contributed by atoms with van der Waals surface area (Å²) in [5, 5.41) is 2.68. The molecule has 0 bridgehead atoms. The van der Waals surface area contributed by atoms with Crippen molar-refractivity contribution in [3.63, 3.8) is 0 Å². The maximum Gasteiger partial charge on any atom is 0.416 e. The van der Waals surface area contributed by atoms with Crippen molar-refractivity contribution in [2.45, 2.75) is 30.9 Å². The molecule has 3 rings (SSSR count). The molecule has 0 radical (unpaired) electrons. The van der Waals surface area contributed by atoms with Crippen LogP contribution in [0.4, 0.5) is 31.1 Å². The first kappa shape index (κ1) is 24.6. The van der Waals surface area contributed by atoms with Gasteiger partial charge in [0.05, 0.1) is 35.9 Å². The molecule has 33 heavy (non-hydrogen) atoms. The number of ether oxygens (including phenoxy) is 1. The summed E-state index contributed by atoms with van der Waals surface area (Å²) >= 11 is 0. The zero-order valence-electron chi connectivity index (χ0n) is 17.3. The van der Waals surface area contributed by atoms with Crippen LogP contribution in [0.3, 0.4) is 0 Å². The van der Waals surface area contributed by atoms with Crippen molar-refractivity contribution in [1.82, 2.24) is 10.2 Å². The second-order valence-corrected chi connectivity index (χ2v) is 7.79. The van der Waals surface area contributed by atoms with E-state index in [0.717, 1.165) is 4.90 Å². The van der Waals surface area contributed by atoms with Crippen LogP contribution in [0.1, 0.15) is 29.7 Å². The number of rotatable bonds is 6. The molecule has 178 valence electrons. The average molecular weight is 474 g/mol. The minimum absolute atomic E-state index is 0.0466. The quantitative estimate of drug-likeness (QED) is 0.465. The second kappa shape index (κ2) is 9.05. The minimum atomic E-state index is -4.98. The molecular weight excluding hydrogens is 454 g/mol. The van der Waals surface area contributed by atoms with Crippen LogP contribution in [0, 0.1) is 5.92 Å². The lowest BCUT2D eigenvalue weighted by Gasteiger charge is -2.34. The highest BCUT2D eigenvalue weighted by atomic mass is 19.4. The molecule has 2 aliphatic rings. The van der Waals surface area contributed by atoms with Crippen molar-refractivity contribution in [2.24, 2.45) is 5.92 Å². The third-order valence-corrected chi connectivity index (χ3v) is 5.48. The zero-order chi connectivity index (χ0) is 24.4. The number of imide groups is 1. The normalized spacial score (nSPS) is 22.4. The van der Waals surface area contributed by atoms with Crippen LogP contribution in [0.5, 0.6) is 0 Å². The van der Waals surface area contributed by atoms with E-state index in [4.69, 9.17) is 4.74 Å². The highest BCUT2D eigenvalue weighted by molar-refractivity contribution is 5.88. The smallest absolute Gasteiger partial charge is 0.371 e. The van der Waals surface area contributed by atoms with Crippen LogP contribution < -0.4 is 5.32 Å². The highest BCUT2D eigenvalue weighted by Crippen LogP contribution is 2.38. The molecule has 1 N–H and O–H groups in total. The van der Waals surface area contributed by atoms with Gasteiger partial charge in [0.1, 0.15) is 0 Å². The number of alkyl halides is 6. The van der Waals surface area contributed by atoms with Crippen LogP contribution in [0.25, 0.3) is 0 Å². The van der Waals surface area contributed by atoms with Gasteiger partial charge in [-0.3, -0.25) is 9.69 Å². The predicted octanol–water partition coefficient (Wildman–Crippen LogP) is 5.02. The summed E-state index contributed by atoms with van der Waals surface area (Å²) in [5.74, 6) is -0.458. The number of allylic oxidation sites excluding steroid dienone is 4. The summed E-state index contributed by atoms with van der Waals surface area (Å²) in [6.45, 7) is 0.941. The minimum Gasteiger partial charge on any atom is -0.371 e. The summed E-state index contributed by atoms with van der Waals surface area (Å²) in [4.78, 5) is 24.3. The molecule has 0 spiro atoms. The molecule has 1 heterocycles. The Labute approximate surface area is 185 Å². The first-order valence-electron chi connectivity index (χ1n) is 9.82. The number of nitrogens with one attached hydrogen (secondary N) is 1. The molecule has 1 saturated heterocycles. The Morgan fingerprint density at radius 1 is 1.06 bits per heavy atom. The van der Waals surface area contributed by atoms with Gasteiger partial charge in [0.15, 0.2) is 0 Å². The van der Waals surface area contributed by atoms with Gasteiger partial charge in [0.25, 0.3) is 0 Å². The lowest BCUT2D eigenvalue weighted by Crippen LogP contribution is -2.53. The first-order valence-corrected chi connectivity index (χ1v) is 9.82. The van der Waals surface area contributed by atoms with Crippen molar-refractivity contribution >= 4 is 12.4 Å². The van der Waals surface area contributed by atoms with Crippen LogP contribution in [0.2, 0.25) is 0 Å². The van der Waals surface area contributed by atoms with E-state index in [1.807, 2.05) is 0 Å². The Bertz CT molecular complexity index is 951. The van der Waals surface area contributed by atoms with Gasteiger partial charge in [-0.05, 0) is 30.7 Å². The van der Waals surface area contributed by atoms with Gasteiger partial charge in [0, 0.05) is 5.92 Å². The maximum absolute atomic E-state index is 13.2. The molecule has 0 saturated carbocycles. The summed E-state index contributed by atoms with van der Waals surface area (Å²) in [6, 6.07) is 0.573. The first-order chi connectivity index (χ1) is 15.4. The van der Waals surface area contributed by atoms with Crippen LogP contribution >= 0.6 is 0 Å². The zero-order valence-corrected chi connectivity index (χ0v) is 17.3. The summed E-state index contributed by atoms with van der Waals surface area (Å²) in [6.07, 6.45) is -0.402. The third kappa shape index (κ3) is 5.47. The number of carbonyl (C=O) groups is 2. The molecule has 2 atom stereocenters. The number of carbonyl (C=O) groups excluding carboxylic acids is 2. The van der Waals surface area contributed by atoms with Gasteiger partial charge in [-0.1, -0.05) is 36.5 Å². The number of nitrogens with zero attached hydrogens (tertiary/aromatic N) is 1. The van der Waals surface area contributed by atoms with Crippen molar-refractivity contribution in [3.05, 3.63) is 71.3 Å². The fourth-order valence-electron chi connectivity index (χ4n) is 3.66. The van der Waals surface area contributed by atoms with Gasteiger partial charge in [-0.25, -0.2) is 4.79 Å². The maximum atomic E-state index is 13.2. The number of urea groups is 1. The lowest BCUT2D eigenvalue weighted by molar-refractivity contribution is -0.143. The van der Waals surface area contributed by atoms with Crippen LogP contribution in [0.15, 0.2) is 54.7 Å². The van der Waals surface area contributed by atoms with E-state index in [1.54, 1.807) is 36.5 Å². The summed E-state index contributed by atoms with van der Waals surface area (Å²) in [7, 11) is 0. The average Bonchev–Trinajstić information content (AvgIpc) is 2.91. The van der Waals surface area contributed by atoms with Gasteiger partial charge in [0.2, 0.25) is 6.41 Å². The van der Waals surface area contributed by atoms with Crippen LogP contribution in [-0.4, -0.2) is 36.0 Å². The molecule has 1 fully saturated rings. The number of amides is 3. The van der Waals surface area contributed by atoms with E-state index in [1.165, 1.54) is 6.92 Å². The molecule has 1 aliphatic carbocycles. The van der Waals surface area contributed by atoms with E-state index in [-0.39, 0.29) is 24.8 Å². The van der Waals surface area contributed by atoms with Crippen LogP contribution in [-0.2, 0) is 21.9 Å². The molecule has 5 nitrogen and oxygen atoms in total. The largest absolute Gasteiger partial charge is 0.416 e. The lowest BCUT2D eigenvalue weighted by atomic mass is 9.84. The van der Waals surface area contributed by atoms with Gasteiger partial charge in [-0.15, -0.1) is 0 Å². The second-order valence-electron chi connectivity index (χ2n) is 7.79. The van der Waals surface area contributed by atoms with Gasteiger partial charge >= 0.3 is 18.4 Å². The Morgan fingerprint density at radius 3 is 2.06 bits per heavy atom. The molecule has 0 unspecified atom stereocenters. The van der Waals surface area contributed by atoms with Crippen molar-refractivity contribution in [1.29, 1.82) is 0 Å². The Morgan fingerprint density at radius 2 is 1.61 bits per heavy atom. The van der Waals surface area contributed by atoms with E-state index in [9.17, 15) is 35.9 Å². The molecule has 1 aromatic rings. The Balaban J connectivity index is 1.90. The highest BCUT2D eigenvalue weighted by Gasteiger charge is 2.47. The topological polar surface area (TPSA) is 58.6 Å². The fourth-order valence-corrected chi connectivity index (χ4v) is 3.66. The monoisotopic (exact) mass is 474 g/mol.